The zero-order chi connectivity index (χ0) is 15.3. The lowest BCUT2D eigenvalue weighted by Crippen LogP contribution is -2.38. The molecule has 114 valence electrons. The van der Waals surface area contributed by atoms with Crippen molar-refractivity contribution in [1.82, 2.24) is 15.1 Å². The zero-order valence-corrected chi connectivity index (χ0v) is 12.5. The maximum absolute atomic E-state index is 10.5. The molecule has 0 amide bonds. The van der Waals surface area contributed by atoms with E-state index in [0.717, 1.165) is 6.54 Å². The topological polar surface area (TPSA) is 93.2 Å². The van der Waals surface area contributed by atoms with Gasteiger partial charge >= 0.3 is 5.69 Å². The Morgan fingerprint density at radius 2 is 2.20 bits per heavy atom. The molecule has 0 fully saturated rings. The third kappa shape index (κ3) is 4.90. The molecule has 0 saturated heterocycles. The van der Waals surface area contributed by atoms with Gasteiger partial charge in [-0.2, -0.15) is 5.10 Å². The van der Waals surface area contributed by atoms with E-state index in [1.54, 1.807) is 0 Å². The van der Waals surface area contributed by atoms with E-state index < -0.39 is 11.0 Å². The largest absolute Gasteiger partial charge is 0.390 e. The second-order valence-corrected chi connectivity index (χ2v) is 6.11. The molecule has 1 heterocycles. The lowest BCUT2D eigenvalue weighted by atomic mass is 9.81. The lowest BCUT2D eigenvalue weighted by Gasteiger charge is -2.30. The van der Waals surface area contributed by atoms with Crippen molar-refractivity contribution >= 4 is 5.69 Å². The Kier molecular flexibility index (Phi) is 5.64. The smallest absolute Gasteiger partial charge is 0.306 e. The molecule has 1 atom stereocenters. The number of aromatic nitrogens is 2. The maximum atomic E-state index is 10.5. The van der Waals surface area contributed by atoms with Crippen LogP contribution in [0.3, 0.4) is 0 Å². The van der Waals surface area contributed by atoms with E-state index in [1.807, 2.05) is 0 Å². The molecule has 0 aliphatic carbocycles. The third-order valence-corrected chi connectivity index (χ3v) is 3.75. The van der Waals surface area contributed by atoms with Crippen molar-refractivity contribution < 1.29 is 10.0 Å². The normalized spacial score (nSPS) is 13.7. The SMILES string of the molecule is CC(C)C(C)(C)CNCC(O)Cn1cc([N+](=O)[O-])cn1. The first-order chi connectivity index (χ1) is 9.22. The average Bonchev–Trinajstić information content (AvgIpc) is 2.77. The van der Waals surface area contributed by atoms with E-state index in [1.165, 1.54) is 17.1 Å². The van der Waals surface area contributed by atoms with Crippen LogP contribution >= 0.6 is 0 Å². The first-order valence-corrected chi connectivity index (χ1v) is 6.78. The predicted octanol–water partition coefficient (Wildman–Crippen LogP) is 1.42. The second kappa shape index (κ2) is 6.81. The summed E-state index contributed by atoms with van der Waals surface area (Å²) in [6, 6.07) is 0. The van der Waals surface area contributed by atoms with E-state index in [9.17, 15) is 15.2 Å². The Balaban J connectivity index is 2.36. The van der Waals surface area contributed by atoms with Gasteiger partial charge in [0.15, 0.2) is 0 Å². The van der Waals surface area contributed by atoms with Gasteiger partial charge in [0.1, 0.15) is 12.4 Å². The molecule has 0 saturated carbocycles. The van der Waals surface area contributed by atoms with Crippen molar-refractivity contribution in [3.05, 3.63) is 22.5 Å². The molecule has 0 radical (unpaired) electrons. The Morgan fingerprint density at radius 1 is 1.55 bits per heavy atom. The molecular weight excluding hydrogens is 260 g/mol. The van der Waals surface area contributed by atoms with Crippen molar-refractivity contribution in [3.63, 3.8) is 0 Å². The summed E-state index contributed by atoms with van der Waals surface area (Å²) in [4.78, 5) is 10.0. The Labute approximate surface area is 119 Å². The number of hydrogen-bond acceptors (Lipinski definition) is 5. The van der Waals surface area contributed by atoms with Gasteiger partial charge in [0, 0.05) is 13.1 Å². The van der Waals surface area contributed by atoms with E-state index >= 15 is 0 Å². The first kappa shape index (κ1) is 16.6. The Morgan fingerprint density at radius 3 is 2.70 bits per heavy atom. The Hall–Kier alpha value is -1.47. The molecule has 1 rings (SSSR count). The van der Waals surface area contributed by atoms with Crippen LogP contribution in [0.5, 0.6) is 0 Å². The van der Waals surface area contributed by atoms with Crippen molar-refractivity contribution in [1.29, 1.82) is 0 Å². The predicted molar refractivity (Wildman–Crippen MR) is 76.4 cm³/mol. The fourth-order valence-corrected chi connectivity index (χ4v) is 1.59. The molecule has 0 aromatic carbocycles. The number of aliphatic hydroxyl groups excluding tert-OH is 1. The van der Waals surface area contributed by atoms with Crippen molar-refractivity contribution in [3.8, 4) is 0 Å². The molecule has 0 aliphatic rings. The summed E-state index contributed by atoms with van der Waals surface area (Å²) in [6.07, 6.45) is 1.88. The van der Waals surface area contributed by atoms with Gasteiger partial charge < -0.3 is 10.4 Å². The monoisotopic (exact) mass is 284 g/mol. The van der Waals surface area contributed by atoms with Gasteiger partial charge in [-0.1, -0.05) is 27.7 Å². The summed E-state index contributed by atoms with van der Waals surface area (Å²) in [6.45, 7) is 10.2. The molecule has 1 aromatic heterocycles. The molecule has 1 unspecified atom stereocenters. The van der Waals surface area contributed by atoms with E-state index in [2.05, 4.69) is 38.1 Å². The Bertz CT molecular complexity index is 443. The van der Waals surface area contributed by atoms with Crippen molar-refractivity contribution in [2.75, 3.05) is 13.1 Å². The standard InChI is InChI=1S/C13H24N4O3/c1-10(2)13(3,4)9-14-6-12(18)8-16-7-11(5-15-16)17(19)20/h5,7,10,12,14,18H,6,8-9H2,1-4H3. The number of hydrogen-bond donors (Lipinski definition) is 2. The van der Waals surface area contributed by atoms with Crippen LogP contribution in [0.1, 0.15) is 27.7 Å². The number of nitrogens with one attached hydrogen (secondary N) is 1. The molecule has 0 spiro atoms. The lowest BCUT2D eigenvalue weighted by molar-refractivity contribution is -0.385. The summed E-state index contributed by atoms with van der Waals surface area (Å²) in [5.41, 5.74) is 0.0932. The molecule has 0 bridgehead atoms. The molecule has 2 N–H and O–H groups in total. The van der Waals surface area contributed by atoms with Gasteiger partial charge in [0.05, 0.1) is 17.6 Å². The van der Waals surface area contributed by atoms with Crippen LogP contribution in [0.2, 0.25) is 0 Å². The minimum absolute atomic E-state index is 0.0638. The summed E-state index contributed by atoms with van der Waals surface area (Å²) in [5.74, 6) is 0.543. The number of rotatable bonds is 8. The third-order valence-electron chi connectivity index (χ3n) is 3.75. The average molecular weight is 284 g/mol. The molecule has 1 aromatic rings. The van der Waals surface area contributed by atoms with Gasteiger partial charge in [-0.15, -0.1) is 0 Å². The van der Waals surface area contributed by atoms with Gasteiger partial charge in [-0.3, -0.25) is 14.8 Å². The molecule has 20 heavy (non-hydrogen) atoms. The highest BCUT2D eigenvalue weighted by Gasteiger charge is 2.22. The number of aliphatic hydroxyl groups is 1. The van der Waals surface area contributed by atoms with Crippen molar-refractivity contribution in [2.24, 2.45) is 11.3 Å². The summed E-state index contributed by atoms with van der Waals surface area (Å²) >= 11 is 0. The minimum Gasteiger partial charge on any atom is -0.390 e. The van der Waals surface area contributed by atoms with Crippen molar-refractivity contribution in [2.45, 2.75) is 40.3 Å². The van der Waals surface area contributed by atoms with Crippen LogP contribution in [0.25, 0.3) is 0 Å². The molecule has 7 nitrogen and oxygen atoms in total. The summed E-state index contributed by atoms with van der Waals surface area (Å²) in [5, 5.41) is 27.5. The summed E-state index contributed by atoms with van der Waals surface area (Å²) in [7, 11) is 0. The van der Waals surface area contributed by atoms with Crippen LogP contribution in [0.4, 0.5) is 5.69 Å². The van der Waals surface area contributed by atoms with Crippen LogP contribution in [0.15, 0.2) is 12.4 Å². The molecule has 0 aliphatic heterocycles. The zero-order valence-electron chi connectivity index (χ0n) is 12.5. The van der Waals surface area contributed by atoms with Crippen LogP contribution in [-0.4, -0.2) is 39.0 Å². The highest BCUT2D eigenvalue weighted by atomic mass is 16.6. The summed E-state index contributed by atoms with van der Waals surface area (Å²) < 4.78 is 1.39. The van der Waals surface area contributed by atoms with E-state index in [-0.39, 0.29) is 17.6 Å². The molecular formula is C13H24N4O3. The van der Waals surface area contributed by atoms with Gasteiger partial charge in [-0.05, 0) is 11.3 Å². The van der Waals surface area contributed by atoms with Crippen LogP contribution in [-0.2, 0) is 6.54 Å². The number of nitro groups is 1. The van der Waals surface area contributed by atoms with E-state index in [0.29, 0.717) is 12.5 Å². The molecule has 7 heteroatoms. The fourth-order valence-electron chi connectivity index (χ4n) is 1.59. The van der Waals surface area contributed by atoms with Crippen LogP contribution < -0.4 is 5.32 Å². The minimum atomic E-state index is -0.627. The number of nitrogens with zero attached hydrogens (tertiary/aromatic N) is 3. The highest BCUT2D eigenvalue weighted by molar-refractivity contribution is 5.20. The quantitative estimate of drug-likeness (QED) is 0.556. The first-order valence-electron chi connectivity index (χ1n) is 6.78. The fraction of sp³-hybridized carbons (Fsp3) is 0.769. The highest BCUT2D eigenvalue weighted by Crippen LogP contribution is 2.24. The van der Waals surface area contributed by atoms with Gasteiger partial charge in [-0.25, -0.2) is 0 Å². The van der Waals surface area contributed by atoms with Crippen LogP contribution in [0, 0.1) is 21.4 Å². The second-order valence-electron chi connectivity index (χ2n) is 6.11. The van der Waals surface area contributed by atoms with E-state index in [4.69, 9.17) is 0 Å². The van der Waals surface area contributed by atoms with Gasteiger partial charge in [0.25, 0.3) is 0 Å². The van der Waals surface area contributed by atoms with Gasteiger partial charge in [0.2, 0.25) is 0 Å². The maximum Gasteiger partial charge on any atom is 0.306 e.